The number of rotatable bonds is 5. The second-order valence-electron chi connectivity index (χ2n) is 5.26. The first kappa shape index (κ1) is 16.3. The molecular weight excluding hydrogens is 376 g/mol. The first-order valence-electron chi connectivity index (χ1n) is 7.39. The van der Waals surface area contributed by atoms with Crippen molar-refractivity contribution in [3.63, 3.8) is 0 Å². The van der Waals surface area contributed by atoms with E-state index in [0.717, 1.165) is 27.4 Å². The van der Waals surface area contributed by atoms with Gasteiger partial charge in [0.1, 0.15) is 5.82 Å². The molecule has 0 aliphatic heterocycles. The zero-order valence-corrected chi connectivity index (χ0v) is 15.4. The topological polar surface area (TPSA) is 52.7 Å². The van der Waals surface area contributed by atoms with Gasteiger partial charge in [-0.15, -0.1) is 0 Å². The number of hydrogen-bond acceptors (Lipinski definition) is 4. The van der Waals surface area contributed by atoms with E-state index in [1.165, 1.54) is 0 Å². The number of halogens is 1. The van der Waals surface area contributed by atoms with Crippen LogP contribution in [0.15, 0.2) is 45.0 Å². The van der Waals surface area contributed by atoms with Gasteiger partial charge in [-0.3, -0.25) is 9.36 Å². The minimum Gasteiger partial charge on any atom is -0.337 e. The van der Waals surface area contributed by atoms with Gasteiger partial charge in [-0.05, 0) is 24.6 Å². The van der Waals surface area contributed by atoms with Crippen LogP contribution in [0, 0.1) is 0 Å². The number of benzene rings is 1. The zero-order chi connectivity index (χ0) is 16.4. The normalized spacial score (nSPS) is 11.3. The summed E-state index contributed by atoms with van der Waals surface area (Å²) in [4.78, 5) is 21.8. The quantitative estimate of drug-likeness (QED) is 0.491. The predicted molar refractivity (Wildman–Crippen MR) is 96.8 cm³/mol. The number of aryl methyl sites for hydroxylation is 1. The average molecular weight is 393 g/mol. The average Bonchev–Trinajstić information content (AvgIpc) is 2.94. The van der Waals surface area contributed by atoms with Gasteiger partial charge in [-0.1, -0.05) is 34.6 Å². The molecule has 0 spiro atoms. The van der Waals surface area contributed by atoms with Crippen molar-refractivity contribution >= 4 is 38.6 Å². The van der Waals surface area contributed by atoms with Crippen LogP contribution in [-0.4, -0.2) is 19.1 Å². The van der Waals surface area contributed by atoms with Gasteiger partial charge in [0.25, 0.3) is 5.56 Å². The Morgan fingerprint density at radius 1 is 1.35 bits per heavy atom. The lowest BCUT2D eigenvalue weighted by Gasteiger charge is -2.12. The highest BCUT2D eigenvalue weighted by atomic mass is 79.9. The Morgan fingerprint density at radius 3 is 2.87 bits per heavy atom. The molecule has 23 heavy (non-hydrogen) atoms. The van der Waals surface area contributed by atoms with E-state index in [0.29, 0.717) is 17.7 Å². The van der Waals surface area contributed by atoms with Crippen molar-refractivity contribution in [2.45, 2.75) is 30.8 Å². The van der Waals surface area contributed by atoms with Gasteiger partial charge in [0, 0.05) is 30.5 Å². The third-order valence-corrected chi connectivity index (χ3v) is 5.05. The Balaban J connectivity index is 2.04. The van der Waals surface area contributed by atoms with Gasteiger partial charge in [0.05, 0.1) is 16.7 Å². The Labute approximate surface area is 146 Å². The van der Waals surface area contributed by atoms with E-state index >= 15 is 0 Å². The van der Waals surface area contributed by atoms with Crippen LogP contribution in [0.25, 0.3) is 10.9 Å². The second kappa shape index (κ2) is 6.88. The van der Waals surface area contributed by atoms with Crippen molar-refractivity contribution in [2.75, 3.05) is 0 Å². The van der Waals surface area contributed by atoms with Gasteiger partial charge in [0.15, 0.2) is 5.16 Å². The van der Waals surface area contributed by atoms with Crippen LogP contribution in [0.1, 0.15) is 19.2 Å². The summed E-state index contributed by atoms with van der Waals surface area (Å²) in [6.45, 7) is 2.72. The third-order valence-electron chi connectivity index (χ3n) is 3.58. The fraction of sp³-hybridized carbons (Fsp3) is 0.312. The summed E-state index contributed by atoms with van der Waals surface area (Å²) in [5.74, 6) is 1.64. The molecule has 0 fully saturated rings. The summed E-state index contributed by atoms with van der Waals surface area (Å²) in [6.07, 6.45) is 4.58. The maximum atomic E-state index is 12.8. The summed E-state index contributed by atoms with van der Waals surface area (Å²) in [6, 6.07) is 5.62. The Kier molecular flexibility index (Phi) is 4.87. The third kappa shape index (κ3) is 3.35. The van der Waals surface area contributed by atoms with Crippen molar-refractivity contribution in [3.05, 3.63) is 51.2 Å². The summed E-state index contributed by atoms with van der Waals surface area (Å²) in [7, 11) is 1.97. The van der Waals surface area contributed by atoms with Gasteiger partial charge in [-0.2, -0.15) is 0 Å². The standard InChI is InChI=1S/C16H17BrN4OS/c1-3-7-21-15(22)12-9-11(17)4-5-13(12)19-16(21)23-10-14-18-6-8-20(14)2/h4-6,8-9H,3,7,10H2,1-2H3. The van der Waals surface area contributed by atoms with Crippen LogP contribution in [0.3, 0.4) is 0 Å². The molecule has 0 radical (unpaired) electrons. The smallest absolute Gasteiger partial charge is 0.262 e. The summed E-state index contributed by atoms with van der Waals surface area (Å²) >= 11 is 4.97. The summed E-state index contributed by atoms with van der Waals surface area (Å²) in [5.41, 5.74) is 0.744. The van der Waals surface area contributed by atoms with Crippen molar-refractivity contribution in [3.8, 4) is 0 Å². The van der Waals surface area contributed by atoms with E-state index in [9.17, 15) is 4.79 Å². The van der Waals surface area contributed by atoms with Crippen molar-refractivity contribution in [1.29, 1.82) is 0 Å². The van der Waals surface area contributed by atoms with Crippen LogP contribution < -0.4 is 5.56 Å². The molecule has 0 saturated heterocycles. The number of imidazole rings is 1. The molecule has 0 N–H and O–H groups in total. The fourth-order valence-electron chi connectivity index (χ4n) is 2.37. The van der Waals surface area contributed by atoms with Gasteiger partial charge >= 0.3 is 0 Å². The van der Waals surface area contributed by atoms with Gasteiger partial charge < -0.3 is 4.57 Å². The minimum absolute atomic E-state index is 0.0143. The molecule has 2 aromatic heterocycles. The highest BCUT2D eigenvalue weighted by Crippen LogP contribution is 2.23. The molecule has 0 atom stereocenters. The second-order valence-corrected chi connectivity index (χ2v) is 7.11. The van der Waals surface area contributed by atoms with E-state index in [-0.39, 0.29) is 5.56 Å². The van der Waals surface area contributed by atoms with Crippen LogP contribution in [0.2, 0.25) is 0 Å². The molecular formula is C16H17BrN4OS. The molecule has 1 aromatic carbocycles. The number of fused-ring (bicyclic) bond motifs is 1. The lowest BCUT2D eigenvalue weighted by molar-refractivity contribution is 0.584. The highest BCUT2D eigenvalue weighted by molar-refractivity contribution is 9.10. The molecule has 0 bridgehead atoms. The Morgan fingerprint density at radius 2 is 2.17 bits per heavy atom. The van der Waals surface area contributed by atoms with Gasteiger partial charge in [0.2, 0.25) is 0 Å². The molecule has 2 heterocycles. The van der Waals surface area contributed by atoms with Crippen molar-refractivity contribution in [2.24, 2.45) is 7.05 Å². The van der Waals surface area contributed by atoms with E-state index < -0.39 is 0 Å². The first-order valence-corrected chi connectivity index (χ1v) is 9.17. The highest BCUT2D eigenvalue weighted by Gasteiger charge is 2.12. The summed E-state index contributed by atoms with van der Waals surface area (Å²) < 4.78 is 4.64. The van der Waals surface area contributed by atoms with Crippen LogP contribution in [0.4, 0.5) is 0 Å². The Hall–Kier alpha value is -1.60. The molecule has 7 heteroatoms. The van der Waals surface area contributed by atoms with E-state index in [4.69, 9.17) is 4.98 Å². The zero-order valence-electron chi connectivity index (χ0n) is 13.0. The molecule has 0 aliphatic carbocycles. The van der Waals surface area contributed by atoms with Crippen molar-refractivity contribution < 1.29 is 0 Å². The maximum Gasteiger partial charge on any atom is 0.262 e. The number of aromatic nitrogens is 4. The summed E-state index contributed by atoms with van der Waals surface area (Å²) in [5, 5.41) is 1.39. The lowest BCUT2D eigenvalue weighted by atomic mass is 10.2. The number of hydrogen-bond donors (Lipinski definition) is 0. The predicted octanol–water partition coefficient (Wildman–Crippen LogP) is 3.59. The largest absolute Gasteiger partial charge is 0.337 e. The van der Waals surface area contributed by atoms with E-state index in [1.54, 1.807) is 22.5 Å². The fourth-order valence-corrected chi connectivity index (χ4v) is 3.76. The molecule has 0 saturated carbocycles. The Bertz CT molecular complexity index is 903. The number of thioether (sulfide) groups is 1. The first-order chi connectivity index (χ1) is 11.1. The SMILES string of the molecule is CCCn1c(SCc2nccn2C)nc2ccc(Br)cc2c1=O. The van der Waals surface area contributed by atoms with Crippen LogP contribution in [0.5, 0.6) is 0 Å². The van der Waals surface area contributed by atoms with Crippen LogP contribution >= 0.6 is 27.7 Å². The molecule has 120 valence electrons. The molecule has 5 nitrogen and oxygen atoms in total. The molecule has 0 amide bonds. The van der Waals surface area contributed by atoms with E-state index in [1.807, 2.05) is 36.0 Å². The maximum absolute atomic E-state index is 12.8. The lowest BCUT2D eigenvalue weighted by Crippen LogP contribution is -2.23. The van der Waals surface area contributed by atoms with E-state index in [2.05, 4.69) is 27.8 Å². The monoisotopic (exact) mass is 392 g/mol. The molecule has 0 aliphatic rings. The van der Waals surface area contributed by atoms with Crippen molar-refractivity contribution in [1.82, 2.24) is 19.1 Å². The van der Waals surface area contributed by atoms with Gasteiger partial charge in [-0.25, -0.2) is 9.97 Å². The minimum atomic E-state index is 0.0143. The molecule has 0 unspecified atom stereocenters. The molecule has 3 aromatic rings. The number of nitrogens with zero attached hydrogens (tertiary/aromatic N) is 4. The van der Waals surface area contributed by atoms with Crippen LogP contribution in [-0.2, 0) is 19.3 Å². The molecule has 3 rings (SSSR count).